The van der Waals surface area contributed by atoms with Gasteiger partial charge in [-0.25, -0.2) is 5.43 Å². The van der Waals surface area contributed by atoms with Gasteiger partial charge in [0.15, 0.2) is 0 Å². The fourth-order valence-electron chi connectivity index (χ4n) is 1.45. The maximum Gasteiger partial charge on any atom is 0.244 e. The van der Waals surface area contributed by atoms with Crippen LogP contribution in [-0.2, 0) is 11.2 Å². The standard InChI is InChI=1S/C12H15N7O/c1-19(2)10-5-3-9(4-6-10)8-13-16-12(20)7-11-14-17-18-15-11/h3-6,8H,7H2,1-2H3,(H2,14,15,16,17,18,20)/p-1/b13-8-. The van der Waals surface area contributed by atoms with Gasteiger partial charge in [-0.15, -0.1) is 0 Å². The van der Waals surface area contributed by atoms with Crippen LogP contribution in [-0.4, -0.2) is 41.7 Å². The Balaban J connectivity index is 1.85. The van der Waals surface area contributed by atoms with Gasteiger partial charge in [0.05, 0.1) is 12.6 Å². The lowest BCUT2D eigenvalue weighted by Crippen LogP contribution is -2.20. The number of hydrogen-bond donors (Lipinski definition) is 1. The molecule has 8 heteroatoms. The monoisotopic (exact) mass is 272 g/mol. The molecule has 1 heterocycles. The van der Waals surface area contributed by atoms with E-state index in [2.05, 4.69) is 31.2 Å². The van der Waals surface area contributed by atoms with Gasteiger partial charge in [-0.3, -0.25) is 15.1 Å². The Bertz CT molecular complexity index is 574. The molecule has 104 valence electrons. The minimum Gasteiger partial charge on any atom is -0.378 e. The summed E-state index contributed by atoms with van der Waals surface area (Å²) < 4.78 is 0. The average molecular weight is 272 g/mol. The van der Waals surface area contributed by atoms with Crippen LogP contribution in [0.25, 0.3) is 0 Å². The van der Waals surface area contributed by atoms with E-state index >= 15 is 0 Å². The first-order valence-electron chi connectivity index (χ1n) is 5.92. The van der Waals surface area contributed by atoms with Crippen molar-refractivity contribution >= 4 is 17.8 Å². The van der Waals surface area contributed by atoms with E-state index in [1.165, 1.54) is 0 Å². The number of carbonyl (C=O) groups excluding carboxylic acids is 1. The van der Waals surface area contributed by atoms with Crippen molar-refractivity contribution in [2.24, 2.45) is 5.10 Å². The minimum absolute atomic E-state index is 0.00388. The van der Waals surface area contributed by atoms with Crippen molar-refractivity contribution in [1.82, 2.24) is 26.0 Å². The van der Waals surface area contributed by atoms with Crippen molar-refractivity contribution in [3.63, 3.8) is 0 Å². The third kappa shape index (κ3) is 3.87. The summed E-state index contributed by atoms with van der Waals surface area (Å²) in [5.74, 6) is -0.0472. The van der Waals surface area contributed by atoms with Gasteiger partial charge in [0.25, 0.3) is 0 Å². The lowest BCUT2D eigenvalue weighted by molar-refractivity contribution is -0.120. The smallest absolute Gasteiger partial charge is 0.244 e. The number of amides is 1. The molecule has 0 radical (unpaired) electrons. The number of anilines is 1. The maximum atomic E-state index is 11.5. The second-order valence-corrected chi connectivity index (χ2v) is 4.25. The van der Waals surface area contributed by atoms with E-state index in [0.717, 1.165) is 11.3 Å². The van der Waals surface area contributed by atoms with Crippen molar-refractivity contribution in [2.45, 2.75) is 6.42 Å². The van der Waals surface area contributed by atoms with Crippen molar-refractivity contribution in [3.05, 3.63) is 35.7 Å². The van der Waals surface area contributed by atoms with Crippen LogP contribution in [0.3, 0.4) is 0 Å². The third-order valence-corrected chi connectivity index (χ3v) is 2.49. The first-order valence-corrected chi connectivity index (χ1v) is 5.92. The van der Waals surface area contributed by atoms with Crippen LogP contribution in [0.4, 0.5) is 5.69 Å². The highest BCUT2D eigenvalue weighted by Crippen LogP contribution is 2.10. The van der Waals surface area contributed by atoms with Gasteiger partial charge in [0.2, 0.25) is 5.91 Å². The topological polar surface area (TPSA) is 97.5 Å². The number of hydrogen-bond acceptors (Lipinski definition) is 6. The Labute approximate surface area is 115 Å². The van der Waals surface area contributed by atoms with Crippen LogP contribution in [0, 0.1) is 0 Å². The molecule has 2 rings (SSSR count). The number of rotatable bonds is 5. The normalized spacial score (nSPS) is 10.7. The summed E-state index contributed by atoms with van der Waals surface area (Å²) in [5.41, 5.74) is 4.38. The van der Waals surface area contributed by atoms with Gasteiger partial charge in [-0.05, 0) is 17.7 Å². The van der Waals surface area contributed by atoms with Gasteiger partial charge in [-0.1, -0.05) is 12.1 Å². The van der Waals surface area contributed by atoms with E-state index in [1.807, 2.05) is 43.3 Å². The minimum atomic E-state index is -0.319. The molecule has 0 fully saturated rings. The van der Waals surface area contributed by atoms with E-state index in [4.69, 9.17) is 0 Å². The van der Waals surface area contributed by atoms with Gasteiger partial charge < -0.3 is 10.00 Å². The summed E-state index contributed by atoms with van der Waals surface area (Å²) in [4.78, 5) is 13.5. The fourth-order valence-corrected chi connectivity index (χ4v) is 1.45. The Morgan fingerprint density at radius 3 is 2.75 bits per heavy atom. The lowest BCUT2D eigenvalue weighted by Gasteiger charge is -2.11. The zero-order valence-corrected chi connectivity index (χ0v) is 11.2. The first kappa shape index (κ1) is 13.7. The van der Waals surface area contributed by atoms with Gasteiger partial charge in [0.1, 0.15) is 0 Å². The molecule has 0 saturated carbocycles. The number of benzene rings is 1. The quantitative estimate of drug-likeness (QED) is 0.587. The van der Waals surface area contributed by atoms with E-state index in [-0.39, 0.29) is 18.2 Å². The molecule has 8 nitrogen and oxygen atoms in total. The molecular weight excluding hydrogens is 258 g/mol. The molecule has 1 amide bonds. The Morgan fingerprint density at radius 2 is 2.15 bits per heavy atom. The molecule has 1 N–H and O–H groups in total. The molecular formula is C12H14N7O-. The number of hydrazone groups is 1. The summed E-state index contributed by atoms with van der Waals surface area (Å²) in [5, 5.41) is 17.6. The second-order valence-electron chi connectivity index (χ2n) is 4.25. The lowest BCUT2D eigenvalue weighted by atomic mass is 10.2. The summed E-state index contributed by atoms with van der Waals surface area (Å²) in [7, 11) is 3.94. The number of carbonyl (C=O) groups is 1. The van der Waals surface area contributed by atoms with Gasteiger partial charge in [0, 0.05) is 25.6 Å². The summed E-state index contributed by atoms with van der Waals surface area (Å²) >= 11 is 0. The molecule has 1 aromatic carbocycles. The van der Waals surface area contributed by atoms with Crippen molar-refractivity contribution in [3.8, 4) is 0 Å². The predicted octanol–water partition coefficient (Wildman–Crippen LogP) is -0.412. The zero-order chi connectivity index (χ0) is 14.4. The van der Waals surface area contributed by atoms with E-state index in [1.54, 1.807) is 6.21 Å². The number of nitrogens with one attached hydrogen (secondary N) is 1. The molecule has 0 aliphatic heterocycles. The van der Waals surface area contributed by atoms with Crippen LogP contribution in [0.2, 0.25) is 0 Å². The van der Waals surface area contributed by atoms with Crippen molar-refractivity contribution < 1.29 is 4.79 Å². The van der Waals surface area contributed by atoms with Gasteiger partial charge >= 0.3 is 0 Å². The largest absolute Gasteiger partial charge is 0.378 e. The average Bonchev–Trinajstić information content (AvgIpc) is 2.92. The Hall–Kier alpha value is -2.77. The SMILES string of the molecule is CN(C)c1ccc(/C=N\NC(=O)Cc2nnn[n-]2)cc1. The Morgan fingerprint density at radius 1 is 1.40 bits per heavy atom. The molecule has 20 heavy (non-hydrogen) atoms. The highest BCUT2D eigenvalue weighted by molar-refractivity contribution is 5.83. The molecule has 0 unspecified atom stereocenters. The van der Waals surface area contributed by atoms with Crippen LogP contribution in [0.1, 0.15) is 11.4 Å². The maximum absolute atomic E-state index is 11.5. The fraction of sp³-hybridized carbons (Fsp3) is 0.250. The zero-order valence-electron chi connectivity index (χ0n) is 11.2. The molecule has 2 aromatic rings. The highest BCUT2D eigenvalue weighted by Gasteiger charge is 2.00. The first-order chi connectivity index (χ1) is 9.65. The van der Waals surface area contributed by atoms with E-state index in [0.29, 0.717) is 0 Å². The molecule has 0 atom stereocenters. The highest BCUT2D eigenvalue weighted by atomic mass is 16.2. The van der Waals surface area contributed by atoms with Crippen LogP contribution < -0.4 is 15.4 Å². The van der Waals surface area contributed by atoms with Crippen molar-refractivity contribution in [1.29, 1.82) is 0 Å². The summed E-state index contributed by atoms with van der Waals surface area (Å²) in [6, 6.07) is 7.77. The third-order valence-electron chi connectivity index (χ3n) is 2.49. The second kappa shape index (κ2) is 6.41. The number of nitrogens with zero attached hydrogens (tertiary/aromatic N) is 6. The summed E-state index contributed by atoms with van der Waals surface area (Å²) in [6.07, 6.45) is 1.57. The molecule has 0 aliphatic rings. The molecule has 0 bridgehead atoms. The molecule has 0 aliphatic carbocycles. The number of aromatic nitrogens is 4. The molecule has 1 aromatic heterocycles. The van der Waals surface area contributed by atoms with Gasteiger partial charge in [-0.2, -0.15) is 10.3 Å². The van der Waals surface area contributed by atoms with Crippen molar-refractivity contribution in [2.75, 3.05) is 19.0 Å². The Kier molecular flexibility index (Phi) is 4.38. The molecule has 0 saturated heterocycles. The van der Waals surface area contributed by atoms with Crippen LogP contribution in [0.15, 0.2) is 29.4 Å². The predicted molar refractivity (Wildman–Crippen MR) is 73.4 cm³/mol. The number of tetrazole rings is 1. The van der Waals surface area contributed by atoms with Crippen LogP contribution in [0.5, 0.6) is 0 Å². The van der Waals surface area contributed by atoms with E-state index < -0.39 is 0 Å². The molecule has 0 spiro atoms. The van der Waals surface area contributed by atoms with Crippen LogP contribution >= 0.6 is 0 Å². The summed E-state index contributed by atoms with van der Waals surface area (Å²) in [6.45, 7) is 0. The van der Waals surface area contributed by atoms with E-state index in [9.17, 15) is 4.79 Å².